The summed E-state index contributed by atoms with van der Waals surface area (Å²) < 4.78 is 0. The molecule has 0 amide bonds. The molecule has 2 fully saturated rings. The summed E-state index contributed by atoms with van der Waals surface area (Å²) in [6, 6.07) is 17.9. The average Bonchev–Trinajstić information content (AvgIpc) is 2.82. The first-order valence-electron chi connectivity index (χ1n) is 14.8. The lowest BCUT2D eigenvalue weighted by Gasteiger charge is -2.51. The summed E-state index contributed by atoms with van der Waals surface area (Å²) in [4.78, 5) is 12.8. The van der Waals surface area contributed by atoms with Crippen molar-refractivity contribution in [3.05, 3.63) is 70.8 Å². The van der Waals surface area contributed by atoms with Crippen LogP contribution in [0.15, 0.2) is 48.5 Å². The molecule has 2 aromatic rings. The predicted octanol–water partition coefficient (Wildman–Crippen LogP) is 8.42. The summed E-state index contributed by atoms with van der Waals surface area (Å²) in [5.74, 6) is 0. The van der Waals surface area contributed by atoms with Crippen LogP contribution in [0.2, 0.25) is 0 Å². The van der Waals surface area contributed by atoms with Crippen LogP contribution in [0.1, 0.15) is 116 Å². The zero-order valence-corrected chi connectivity index (χ0v) is 25.4. The molecule has 0 aromatic heterocycles. The van der Waals surface area contributed by atoms with E-state index < -0.39 is 0 Å². The molecule has 2 aliphatic rings. The van der Waals surface area contributed by atoms with E-state index in [1.165, 1.54) is 60.8 Å². The van der Waals surface area contributed by atoms with Gasteiger partial charge in [-0.25, -0.2) is 0 Å². The van der Waals surface area contributed by atoms with Crippen LogP contribution in [0.5, 0.6) is 0 Å². The summed E-state index contributed by atoms with van der Waals surface area (Å²) in [7, 11) is 0. The maximum absolute atomic E-state index is 6.38. The molecule has 0 bridgehead atoms. The van der Waals surface area contributed by atoms with Crippen molar-refractivity contribution in [2.45, 2.75) is 142 Å². The molecule has 0 aliphatic carbocycles. The van der Waals surface area contributed by atoms with Gasteiger partial charge < -0.3 is 0 Å². The zero-order chi connectivity index (χ0) is 27.6. The fourth-order valence-electron chi connectivity index (χ4n) is 6.82. The Bertz CT molecular complexity index is 920. The first-order chi connectivity index (χ1) is 17.8. The van der Waals surface area contributed by atoms with Crippen molar-refractivity contribution in [2.24, 2.45) is 0 Å². The second-order valence-corrected chi connectivity index (χ2v) is 14.2. The monoisotopic (exact) mass is 520 g/mol. The van der Waals surface area contributed by atoms with Gasteiger partial charge in [-0.15, -0.1) is 0 Å². The van der Waals surface area contributed by atoms with Crippen molar-refractivity contribution in [1.82, 2.24) is 10.1 Å². The molecule has 4 heteroatoms. The number of hydrogen-bond acceptors (Lipinski definition) is 4. The van der Waals surface area contributed by atoms with Crippen LogP contribution in [-0.2, 0) is 35.7 Å². The molecule has 2 heterocycles. The standard InChI is InChI=1S/C34H52N2O2/c1-31(2)21-9-22-32(3,4)35(31)37-25-29-17-13-27(14-18-29)11-12-28-15-19-30(20-16-28)26-38-36-33(5,6)23-10-24-34(36,7)8/h13-20H,9-12,21-26H2,1-8H3. The van der Waals surface area contributed by atoms with Gasteiger partial charge in [0.1, 0.15) is 0 Å². The van der Waals surface area contributed by atoms with Crippen LogP contribution in [0.3, 0.4) is 0 Å². The molecule has 2 aromatic carbocycles. The molecule has 38 heavy (non-hydrogen) atoms. The molecule has 2 saturated heterocycles. The van der Waals surface area contributed by atoms with Gasteiger partial charge >= 0.3 is 0 Å². The van der Waals surface area contributed by atoms with Crippen molar-refractivity contribution >= 4 is 0 Å². The van der Waals surface area contributed by atoms with Crippen LogP contribution in [-0.4, -0.2) is 32.3 Å². The molecule has 210 valence electrons. The Kier molecular flexibility index (Phi) is 8.79. The third-order valence-corrected chi connectivity index (χ3v) is 8.82. The Morgan fingerprint density at radius 2 is 0.737 bits per heavy atom. The number of benzene rings is 2. The van der Waals surface area contributed by atoms with Crippen molar-refractivity contribution in [3.63, 3.8) is 0 Å². The van der Waals surface area contributed by atoms with E-state index >= 15 is 0 Å². The van der Waals surface area contributed by atoms with E-state index in [-0.39, 0.29) is 22.2 Å². The Morgan fingerprint density at radius 1 is 0.474 bits per heavy atom. The molecular formula is C34H52N2O2. The largest absolute Gasteiger partial charge is 0.293 e. The van der Waals surface area contributed by atoms with E-state index in [1.807, 2.05) is 0 Å². The normalized spacial score (nSPS) is 22.8. The molecule has 2 aliphatic heterocycles. The molecule has 0 spiro atoms. The lowest BCUT2D eigenvalue weighted by molar-refractivity contribution is -0.288. The summed E-state index contributed by atoms with van der Waals surface area (Å²) in [6.07, 6.45) is 9.33. The maximum Gasteiger partial charge on any atom is 0.0936 e. The van der Waals surface area contributed by atoms with Gasteiger partial charge in [0.15, 0.2) is 0 Å². The van der Waals surface area contributed by atoms with Gasteiger partial charge in [-0.1, -0.05) is 48.5 Å². The third-order valence-electron chi connectivity index (χ3n) is 8.82. The molecule has 0 atom stereocenters. The van der Waals surface area contributed by atoms with Crippen molar-refractivity contribution in [1.29, 1.82) is 0 Å². The van der Waals surface area contributed by atoms with Crippen LogP contribution in [0.4, 0.5) is 0 Å². The summed E-state index contributed by atoms with van der Waals surface area (Å²) >= 11 is 0. The highest BCUT2D eigenvalue weighted by Gasteiger charge is 2.43. The molecule has 0 unspecified atom stereocenters. The van der Waals surface area contributed by atoms with Gasteiger partial charge in [0.05, 0.1) is 13.2 Å². The van der Waals surface area contributed by atoms with E-state index in [2.05, 4.69) is 114 Å². The minimum absolute atomic E-state index is 0.0735. The number of aryl methyl sites for hydroxylation is 2. The third kappa shape index (κ3) is 7.07. The Balaban J connectivity index is 1.25. The van der Waals surface area contributed by atoms with Gasteiger partial charge in [0, 0.05) is 22.2 Å². The van der Waals surface area contributed by atoms with Gasteiger partial charge in [-0.3, -0.25) is 9.68 Å². The summed E-state index contributed by atoms with van der Waals surface area (Å²) in [5.41, 5.74) is 5.50. The summed E-state index contributed by atoms with van der Waals surface area (Å²) in [6.45, 7) is 19.6. The first-order valence-corrected chi connectivity index (χ1v) is 14.8. The fourth-order valence-corrected chi connectivity index (χ4v) is 6.82. The SMILES string of the molecule is CC1(C)CCCC(C)(C)N1OCc1ccc(CCc2ccc(CON3C(C)(C)CCCC3(C)C)cc2)cc1. The van der Waals surface area contributed by atoms with E-state index in [0.717, 1.165) is 12.8 Å². The number of piperidine rings is 2. The van der Waals surface area contributed by atoms with Crippen molar-refractivity contribution < 1.29 is 9.68 Å². The van der Waals surface area contributed by atoms with Gasteiger partial charge in [0.2, 0.25) is 0 Å². The Labute approximate surface area is 232 Å². The fraction of sp³-hybridized carbons (Fsp3) is 0.647. The number of rotatable bonds is 9. The molecular weight excluding hydrogens is 468 g/mol. The zero-order valence-electron chi connectivity index (χ0n) is 25.4. The van der Waals surface area contributed by atoms with E-state index in [0.29, 0.717) is 13.2 Å². The highest BCUT2D eigenvalue weighted by Crippen LogP contribution is 2.39. The average molecular weight is 521 g/mol. The van der Waals surface area contributed by atoms with Crippen LogP contribution < -0.4 is 0 Å². The van der Waals surface area contributed by atoms with Crippen LogP contribution in [0.25, 0.3) is 0 Å². The number of hydrogen-bond donors (Lipinski definition) is 0. The van der Waals surface area contributed by atoms with Crippen molar-refractivity contribution in [2.75, 3.05) is 0 Å². The highest BCUT2D eigenvalue weighted by molar-refractivity contribution is 5.26. The Morgan fingerprint density at radius 3 is 1.03 bits per heavy atom. The molecule has 4 nitrogen and oxygen atoms in total. The smallest absolute Gasteiger partial charge is 0.0936 e. The second kappa shape index (κ2) is 11.4. The van der Waals surface area contributed by atoms with E-state index in [1.54, 1.807) is 0 Å². The predicted molar refractivity (Wildman–Crippen MR) is 158 cm³/mol. The lowest BCUT2D eigenvalue weighted by Crippen LogP contribution is -2.58. The Hall–Kier alpha value is -1.72. The van der Waals surface area contributed by atoms with E-state index in [4.69, 9.17) is 9.68 Å². The topological polar surface area (TPSA) is 24.9 Å². The van der Waals surface area contributed by atoms with Crippen LogP contribution >= 0.6 is 0 Å². The quantitative estimate of drug-likeness (QED) is 0.331. The minimum Gasteiger partial charge on any atom is -0.293 e. The minimum atomic E-state index is 0.0735. The first kappa shape index (κ1) is 29.3. The lowest BCUT2D eigenvalue weighted by atomic mass is 9.82. The summed E-state index contributed by atoms with van der Waals surface area (Å²) in [5, 5.41) is 4.50. The molecule has 0 N–H and O–H groups in total. The molecule has 0 saturated carbocycles. The number of hydroxylamine groups is 4. The maximum atomic E-state index is 6.38. The second-order valence-electron chi connectivity index (χ2n) is 14.2. The number of nitrogens with zero attached hydrogens (tertiary/aromatic N) is 2. The van der Waals surface area contributed by atoms with E-state index in [9.17, 15) is 0 Å². The van der Waals surface area contributed by atoms with Gasteiger partial charge in [-0.05, 0) is 129 Å². The van der Waals surface area contributed by atoms with Crippen LogP contribution in [0, 0.1) is 0 Å². The van der Waals surface area contributed by atoms with Gasteiger partial charge in [0.25, 0.3) is 0 Å². The highest BCUT2D eigenvalue weighted by atomic mass is 16.7. The van der Waals surface area contributed by atoms with Gasteiger partial charge in [-0.2, -0.15) is 10.1 Å². The van der Waals surface area contributed by atoms with Crippen molar-refractivity contribution in [3.8, 4) is 0 Å². The molecule has 0 radical (unpaired) electrons. The molecule has 4 rings (SSSR count).